The molecule has 58 heavy (non-hydrogen) atoms. The fourth-order valence-corrected chi connectivity index (χ4v) is 9.54. The summed E-state index contributed by atoms with van der Waals surface area (Å²) in [6.07, 6.45) is -11.4. The monoisotopic (exact) mass is 807 g/mol. The highest BCUT2D eigenvalue weighted by Gasteiger charge is 2.78. The Morgan fingerprint density at radius 3 is 2.16 bits per heavy atom. The number of fused-ring (bicyclic) bond motifs is 5. The summed E-state index contributed by atoms with van der Waals surface area (Å²) >= 11 is 0. The van der Waals surface area contributed by atoms with Gasteiger partial charge in [0.05, 0.1) is 42.3 Å². The Morgan fingerprint density at radius 2 is 1.59 bits per heavy atom. The molecular weight excluding hydrogens is 754 g/mol. The molecule has 0 radical (unpaired) electrons. The predicted octanol–water partition coefficient (Wildman–Crippen LogP) is 3.12. The minimum Gasteiger partial charge on any atom is -0.456 e. The van der Waals surface area contributed by atoms with E-state index in [0.717, 1.165) is 6.92 Å². The van der Waals surface area contributed by atoms with Gasteiger partial charge in [-0.15, -0.1) is 0 Å². The van der Waals surface area contributed by atoms with Crippen LogP contribution in [0.1, 0.15) is 83.3 Å². The first-order chi connectivity index (χ1) is 27.2. The van der Waals surface area contributed by atoms with E-state index in [1.165, 1.54) is 26.0 Å². The number of hydrogen-bond acceptors (Lipinski definition) is 14. The van der Waals surface area contributed by atoms with Crippen LogP contribution in [-0.4, -0.2) is 111 Å². The van der Waals surface area contributed by atoms with E-state index < -0.39 is 107 Å². The predicted molar refractivity (Wildman–Crippen MR) is 204 cm³/mol. The number of esters is 3. The number of rotatable bonds is 10. The maximum Gasteiger partial charge on any atom is 0.407 e. The summed E-state index contributed by atoms with van der Waals surface area (Å²) in [6.45, 7) is 10.6. The van der Waals surface area contributed by atoms with Gasteiger partial charge in [0.1, 0.15) is 30.0 Å². The molecule has 0 aromatic heterocycles. The topological polar surface area (TPSA) is 224 Å². The van der Waals surface area contributed by atoms with Gasteiger partial charge in [0, 0.05) is 25.2 Å². The number of aliphatic hydroxyl groups is 4. The quantitative estimate of drug-likeness (QED) is 0.132. The highest BCUT2D eigenvalue weighted by Crippen LogP contribution is 2.64. The number of carbonyl (C=O) groups excluding carboxylic acids is 5. The summed E-state index contributed by atoms with van der Waals surface area (Å²) in [6, 6.07) is 14.7. The van der Waals surface area contributed by atoms with Crippen molar-refractivity contribution in [1.82, 2.24) is 5.32 Å². The molecule has 1 saturated heterocycles. The number of aliphatic hydroxyl groups excluding tert-OH is 3. The van der Waals surface area contributed by atoms with Gasteiger partial charge in [-0.25, -0.2) is 14.4 Å². The van der Waals surface area contributed by atoms with Gasteiger partial charge in [-0.2, -0.15) is 0 Å². The molecule has 2 aromatic carbocycles. The van der Waals surface area contributed by atoms with E-state index in [1.54, 1.807) is 62.4 Å². The number of alkyl carbamates (subject to hydrolysis) is 1. The lowest BCUT2D eigenvalue weighted by atomic mass is 9.44. The third-order valence-electron chi connectivity index (χ3n) is 12.7. The first kappa shape index (κ1) is 42.9. The summed E-state index contributed by atoms with van der Waals surface area (Å²) in [5.74, 6) is -5.35. The molecule has 1 aliphatic heterocycles. The number of benzene rings is 2. The zero-order valence-corrected chi connectivity index (χ0v) is 33.7. The van der Waals surface area contributed by atoms with E-state index in [4.69, 9.17) is 23.7 Å². The van der Waals surface area contributed by atoms with Crippen LogP contribution in [0.25, 0.3) is 0 Å². The van der Waals surface area contributed by atoms with Crippen molar-refractivity contribution in [2.45, 2.75) is 115 Å². The molecule has 4 aliphatic rings. The molecule has 2 bridgehead atoms. The van der Waals surface area contributed by atoms with Crippen LogP contribution < -0.4 is 5.32 Å². The molecule has 15 nitrogen and oxygen atoms in total. The van der Waals surface area contributed by atoms with E-state index >= 15 is 0 Å². The van der Waals surface area contributed by atoms with Crippen LogP contribution in [0.3, 0.4) is 0 Å². The van der Waals surface area contributed by atoms with Gasteiger partial charge in [0.15, 0.2) is 17.5 Å². The van der Waals surface area contributed by atoms with Crippen molar-refractivity contribution in [2.24, 2.45) is 22.7 Å². The van der Waals surface area contributed by atoms with Crippen molar-refractivity contribution in [3.8, 4) is 0 Å². The number of amides is 1. The van der Waals surface area contributed by atoms with Crippen LogP contribution in [0.5, 0.6) is 0 Å². The van der Waals surface area contributed by atoms with E-state index in [2.05, 4.69) is 5.32 Å². The average Bonchev–Trinajstić information content (AvgIpc) is 3.17. The molecular formula is C43H53NO14. The highest BCUT2D eigenvalue weighted by atomic mass is 16.6. The molecule has 3 aliphatic carbocycles. The lowest BCUT2D eigenvalue weighted by Crippen LogP contribution is -2.81. The Kier molecular flexibility index (Phi) is 11.7. The number of nitrogens with one attached hydrogen (secondary N) is 1. The molecule has 2 saturated carbocycles. The summed E-state index contributed by atoms with van der Waals surface area (Å²) < 4.78 is 29.4. The van der Waals surface area contributed by atoms with Crippen LogP contribution in [0.2, 0.25) is 0 Å². The molecule has 11 atom stereocenters. The Morgan fingerprint density at radius 1 is 0.966 bits per heavy atom. The maximum absolute atomic E-state index is 14.9. The lowest BCUT2D eigenvalue weighted by molar-refractivity contribution is -0.346. The van der Waals surface area contributed by atoms with Gasteiger partial charge in [-0.1, -0.05) is 76.2 Å². The van der Waals surface area contributed by atoms with Crippen LogP contribution in [0.4, 0.5) is 4.79 Å². The van der Waals surface area contributed by atoms with Crippen molar-refractivity contribution >= 4 is 29.8 Å². The van der Waals surface area contributed by atoms with Crippen molar-refractivity contribution in [1.29, 1.82) is 0 Å². The van der Waals surface area contributed by atoms with Crippen molar-refractivity contribution < 1.29 is 68.1 Å². The smallest absolute Gasteiger partial charge is 0.407 e. The number of ether oxygens (including phenoxy) is 5. The van der Waals surface area contributed by atoms with Gasteiger partial charge in [0.2, 0.25) is 0 Å². The summed E-state index contributed by atoms with van der Waals surface area (Å²) in [4.78, 5) is 68.8. The second-order valence-electron chi connectivity index (χ2n) is 17.1. The van der Waals surface area contributed by atoms with Crippen LogP contribution in [0, 0.1) is 22.7 Å². The number of carbonyl (C=O) groups is 5. The molecule has 2 aromatic rings. The first-order valence-electron chi connectivity index (χ1n) is 19.5. The highest BCUT2D eigenvalue weighted by molar-refractivity contribution is 5.94. The largest absolute Gasteiger partial charge is 0.456 e. The first-order valence-corrected chi connectivity index (χ1v) is 19.5. The van der Waals surface area contributed by atoms with Crippen LogP contribution >= 0.6 is 0 Å². The van der Waals surface area contributed by atoms with Gasteiger partial charge in [0.25, 0.3) is 0 Å². The number of Topliss-reactive ketones (excluding diaryl/α,β-unsaturated/α-hetero) is 1. The molecule has 5 N–H and O–H groups in total. The van der Waals surface area contributed by atoms with E-state index in [0.29, 0.717) is 5.56 Å². The van der Waals surface area contributed by atoms with Crippen molar-refractivity contribution in [3.63, 3.8) is 0 Å². The molecule has 1 heterocycles. The fraction of sp³-hybridized carbons (Fsp3) is 0.558. The van der Waals surface area contributed by atoms with Crippen molar-refractivity contribution in [3.05, 3.63) is 82.9 Å². The van der Waals surface area contributed by atoms with Gasteiger partial charge in [-0.3, -0.25) is 9.59 Å². The molecule has 15 heteroatoms. The summed E-state index contributed by atoms with van der Waals surface area (Å²) in [5.41, 5.74) is -7.19. The Balaban J connectivity index is 1.48. The summed E-state index contributed by atoms with van der Waals surface area (Å²) in [7, 11) is 0. The van der Waals surface area contributed by atoms with Crippen LogP contribution in [0.15, 0.2) is 71.8 Å². The average molecular weight is 808 g/mol. The van der Waals surface area contributed by atoms with Gasteiger partial charge in [-0.05, 0) is 48.6 Å². The molecule has 3 fully saturated rings. The zero-order valence-electron chi connectivity index (χ0n) is 33.7. The normalized spacial score (nSPS) is 33.5. The Bertz CT molecular complexity index is 1950. The molecule has 6 rings (SSSR count). The number of ketones is 1. The third-order valence-corrected chi connectivity index (χ3v) is 12.7. The maximum atomic E-state index is 14.9. The van der Waals surface area contributed by atoms with Gasteiger partial charge < -0.3 is 49.4 Å². The molecule has 1 amide bonds. The second kappa shape index (κ2) is 15.8. The Labute approximate surface area is 336 Å². The van der Waals surface area contributed by atoms with E-state index in [1.807, 2.05) is 13.8 Å². The minimum absolute atomic E-state index is 0.000264. The molecule has 0 spiro atoms. The third kappa shape index (κ3) is 7.10. The zero-order chi connectivity index (χ0) is 42.5. The van der Waals surface area contributed by atoms with Crippen molar-refractivity contribution in [2.75, 3.05) is 13.2 Å². The minimum atomic E-state index is -2.35. The van der Waals surface area contributed by atoms with E-state index in [-0.39, 0.29) is 42.3 Å². The molecule has 314 valence electrons. The van der Waals surface area contributed by atoms with E-state index in [9.17, 15) is 44.4 Å². The Hall–Kier alpha value is -4.67. The SMILES string of the molecule is CC(=O)O[C@@]12CO[C@@H]1C[C@H](O)[C@@]1(C)C(=O)[C@H](O)C3=C(C)[C@@H](OC(=O)[C@H](O)[C@@H](NC(=O)OCC(C)C)c4ccccc4)C[C@@](O)([C@@H](OC(=O)c4ccccc4)[C@H]21)C3(C)C. The fourth-order valence-electron chi connectivity index (χ4n) is 9.54. The standard InChI is InChI=1S/C43H53NO14/c1-22(2)20-54-39(52)44-31(25-14-10-8-11-15-25)33(48)38(51)56-27-19-43(53)36(57-37(50)26-16-12-9-13-17-26)34-41(7,35(49)32(47)30(23(27)3)40(43,5)6)28(46)18-29-42(34,21-55-29)58-24(4)45/h8-17,22,27-29,31-34,36,46-48,53H,18-21H2,1-7H3,(H,44,52)/t27-,28-,29+,31-,32+,33+,34-,36-,41+,42-,43+/m0/s1. The molecule has 0 unspecified atom stereocenters. The van der Waals surface area contributed by atoms with Gasteiger partial charge >= 0.3 is 24.0 Å². The van der Waals surface area contributed by atoms with Crippen LogP contribution in [-0.2, 0) is 38.1 Å². The lowest BCUT2D eigenvalue weighted by Gasteiger charge is -2.67. The summed E-state index contributed by atoms with van der Waals surface area (Å²) in [5, 5.41) is 51.5. The number of hydrogen-bond donors (Lipinski definition) is 5. The second-order valence-corrected chi connectivity index (χ2v) is 17.1.